The van der Waals surface area contributed by atoms with Crippen LogP contribution >= 0.6 is 11.8 Å². The highest BCUT2D eigenvalue weighted by molar-refractivity contribution is 7.99. The Morgan fingerprint density at radius 2 is 1.67 bits per heavy atom. The molecule has 0 aliphatic rings. The van der Waals surface area contributed by atoms with E-state index in [4.69, 9.17) is 4.42 Å². The summed E-state index contributed by atoms with van der Waals surface area (Å²) in [5.41, 5.74) is 2.11. The second-order valence-electron chi connectivity index (χ2n) is 4.06. The summed E-state index contributed by atoms with van der Waals surface area (Å²) in [6, 6.07) is 18.5. The number of hydrogen-bond acceptors (Lipinski definition) is 2. The van der Waals surface area contributed by atoms with E-state index in [0.29, 0.717) is 0 Å². The quantitative estimate of drug-likeness (QED) is 0.595. The van der Waals surface area contributed by atoms with Gasteiger partial charge in [0.05, 0.1) is 4.90 Å². The van der Waals surface area contributed by atoms with Crippen molar-refractivity contribution in [3.8, 4) is 11.3 Å². The fraction of sp³-hybridized carbons (Fsp3) is 0.125. The molecule has 0 amide bonds. The SMILES string of the molecule is CCSc1c(-c2ccccc2)oc2ccccc12. The lowest BCUT2D eigenvalue weighted by Crippen LogP contribution is -1.77. The molecule has 0 spiro atoms. The van der Waals surface area contributed by atoms with E-state index in [9.17, 15) is 0 Å². The van der Waals surface area contributed by atoms with E-state index in [-0.39, 0.29) is 0 Å². The molecule has 0 saturated carbocycles. The van der Waals surface area contributed by atoms with Crippen LogP contribution in [-0.4, -0.2) is 5.75 Å². The van der Waals surface area contributed by atoms with Gasteiger partial charge in [-0.3, -0.25) is 0 Å². The molecule has 0 N–H and O–H groups in total. The number of hydrogen-bond donors (Lipinski definition) is 0. The molecule has 0 bridgehead atoms. The first-order chi connectivity index (χ1) is 8.90. The molecule has 90 valence electrons. The van der Waals surface area contributed by atoms with Crippen LogP contribution in [0.25, 0.3) is 22.3 Å². The minimum atomic E-state index is 0.965. The number of fused-ring (bicyclic) bond motifs is 1. The monoisotopic (exact) mass is 254 g/mol. The van der Waals surface area contributed by atoms with Crippen molar-refractivity contribution in [1.82, 2.24) is 0 Å². The first-order valence-corrected chi connectivity index (χ1v) is 7.08. The zero-order valence-corrected chi connectivity index (χ0v) is 11.0. The molecule has 0 saturated heterocycles. The molecule has 1 aromatic heterocycles. The molecule has 0 atom stereocenters. The zero-order chi connectivity index (χ0) is 12.4. The summed E-state index contributed by atoms with van der Waals surface area (Å²) >= 11 is 1.84. The number of thioether (sulfide) groups is 1. The highest BCUT2D eigenvalue weighted by Gasteiger charge is 2.14. The van der Waals surface area contributed by atoms with E-state index in [1.807, 2.05) is 42.1 Å². The second-order valence-corrected chi connectivity index (χ2v) is 5.33. The van der Waals surface area contributed by atoms with Crippen LogP contribution in [0.3, 0.4) is 0 Å². The summed E-state index contributed by atoms with van der Waals surface area (Å²) in [5, 5.41) is 1.21. The highest BCUT2D eigenvalue weighted by atomic mass is 32.2. The molecule has 0 fully saturated rings. The summed E-state index contributed by atoms with van der Waals surface area (Å²) in [4.78, 5) is 1.25. The molecule has 1 heterocycles. The van der Waals surface area contributed by atoms with Gasteiger partial charge in [0.1, 0.15) is 11.3 Å². The lowest BCUT2D eigenvalue weighted by atomic mass is 10.1. The first kappa shape index (κ1) is 11.4. The van der Waals surface area contributed by atoms with Gasteiger partial charge in [-0.15, -0.1) is 11.8 Å². The van der Waals surface area contributed by atoms with E-state index >= 15 is 0 Å². The Labute approximate surface area is 111 Å². The number of benzene rings is 2. The number of rotatable bonds is 3. The third-order valence-electron chi connectivity index (χ3n) is 2.87. The molecule has 2 heteroatoms. The van der Waals surface area contributed by atoms with Gasteiger partial charge in [0.2, 0.25) is 0 Å². The summed E-state index contributed by atoms with van der Waals surface area (Å²) in [7, 11) is 0. The first-order valence-electron chi connectivity index (χ1n) is 6.10. The molecule has 0 unspecified atom stereocenters. The maximum absolute atomic E-state index is 6.02. The van der Waals surface area contributed by atoms with Crippen molar-refractivity contribution in [3.63, 3.8) is 0 Å². The third-order valence-corrected chi connectivity index (χ3v) is 3.86. The average Bonchev–Trinajstić information content (AvgIpc) is 2.80. The predicted molar refractivity (Wildman–Crippen MR) is 78.0 cm³/mol. The number of para-hydroxylation sites is 1. The summed E-state index contributed by atoms with van der Waals surface area (Å²) in [5.74, 6) is 2.03. The highest BCUT2D eigenvalue weighted by Crippen LogP contribution is 2.39. The second kappa shape index (κ2) is 4.91. The van der Waals surface area contributed by atoms with Crippen molar-refractivity contribution in [1.29, 1.82) is 0 Å². The molecule has 2 aromatic carbocycles. The Hall–Kier alpha value is -1.67. The third kappa shape index (κ3) is 1.93. The molecule has 0 aliphatic carbocycles. The Balaban J connectivity index is 2.25. The molecular formula is C16H14OS. The van der Waals surface area contributed by atoms with Crippen molar-refractivity contribution in [3.05, 3.63) is 54.6 Å². The summed E-state index contributed by atoms with van der Waals surface area (Å²) in [6.07, 6.45) is 0. The minimum absolute atomic E-state index is 0.965. The van der Waals surface area contributed by atoms with E-state index in [1.54, 1.807) is 0 Å². The maximum Gasteiger partial charge on any atom is 0.148 e. The van der Waals surface area contributed by atoms with Crippen LogP contribution in [0.2, 0.25) is 0 Å². The summed E-state index contributed by atoms with van der Waals surface area (Å²) < 4.78 is 6.02. The molecule has 18 heavy (non-hydrogen) atoms. The standard InChI is InChI=1S/C16H14OS/c1-2-18-16-13-10-6-7-11-14(13)17-15(16)12-8-4-3-5-9-12/h3-11H,2H2,1H3. The van der Waals surface area contributed by atoms with Crippen LogP contribution in [-0.2, 0) is 0 Å². The minimum Gasteiger partial charge on any atom is -0.455 e. The van der Waals surface area contributed by atoms with Crippen LogP contribution in [0.5, 0.6) is 0 Å². The Kier molecular flexibility index (Phi) is 3.11. The molecule has 3 aromatic rings. The van der Waals surface area contributed by atoms with Gasteiger partial charge in [-0.05, 0) is 17.9 Å². The zero-order valence-electron chi connectivity index (χ0n) is 10.2. The lowest BCUT2D eigenvalue weighted by molar-refractivity contribution is 0.625. The van der Waals surface area contributed by atoms with Crippen molar-refractivity contribution in [2.75, 3.05) is 5.75 Å². The van der Waals surface area contributed by atoms with Gasteiger partial charge < -0.3 is 4.42 Å². The predicted octanol–water partition coefficient (Wildman–Crippen LogP) is 5.21. The Morgan fingerprint density at radius 3 is 2.44 bits per heavy atom. The lowest BCUT2D eigenvalue weighted by Gasteiger charge is -2.00. The van der Waals surface area contributed by atoms with Gasteiger partial charge in [-0.25, -0.2) is 0 Å². The fourth-order valence-corrected chi connectivity index (χ4v) is 2.99. The van der Waals surface area contributed by atoms with Crippen LogP contribution < -0.4 is 0 Å². The number of furan rings is 1. The Bertz CT molecular complexity index is 655. The van der Waals surface area contributed by atoms with Crippen LogP contribution in [0.4, 0.5) is 0 Å². The molecule has 0 radical (unpaired) electrons. The molecule has 0 aliphatic heterocycles. The van der Waals surface area contributed by atoms with E-state index in [2.05, 4.69) is 31.2 Å². The van der Waals surface area contributed by atoms with Gasteiger partial charge in [0.15, 0.2) is 0 Å². The van der Waals surface area contributed by atoms with Crippen molar-refractivity contribution < 1.29 is 4.42 Å². The van der Waals surface area contributed by atoms with Gasteiger partial charge in [0, 0.05) is 10.9 Å². The van der Waals surface area contributed by atoms with Gasteiger partial charge in [0.25, 0.3) is 0 Å². The van der Waals surface area contributed by atoms with Crippen LogP contribution in [0.15, 0.2) is 63.9 Å². The van der Waals surface area contributed by atoms with Gasteiger partial charge in [-0.1, -0.05) is 49.4 Å². The van der Waals surface area contributed by atoms with Gasteiger partial charge in [-0.2, -0.15) is 0 Å². The van der Waals surface area contributed by atoms with Gasteiger partial charge >= 0.3 is 0 Å². The smallest absolute Gasteiger partial charge is 0.148 e. The van der Waals surface area contributed by atoms with Crippen molar-refractivity contribution in [2.45, 2.75) is 11.8 Å². The topological polar surface area (TPSA) is 13.1 Å². The molecule has 3 rings (SSSR count). The molecular weight excluding hydrogens is 240 g/mol. The van der Waals surface area contributed by atoms with Crippen LogP contribution in [0.1, 0.15) is 6.92 Å². The largest absolute Gasteiger partial charge is 0.455 e. The fourth-order valence-electron chi connectivity index (χ4n) is 2.09. The van der Waals surface area contributed by atoms with Crippen LogP contribution in [0, 0.1) is 0 Å². The average molecular weight is 254 g/mol. The normalized spacial score (nSPS) is 10.9. The maximum atomic E-state index is 6.02. The van der Waals surface area contributed by atoms with E-state index in [1.165, 1.54) is 10.3 Å². The molecule has 1 nitrogen and oxygen atoms in total. The Morgan fingerprint density at radius 1 is 0.944 bits per heavy atom. The van der Waals surface area contributed by atoms with E-state index < -0.39 is 0 Å². The summed E-state index contributed by atoms with van der Waals surface area (Å²) in [6.45, 7) is 2.17. The van der Waals surface area contributed by atoms with E-state index in [0.717, 1.165) is 22.7 Å². The van der Waals surface area contributed by atoms with Crippen molar-refractivity contribution in [2.24, 2.45) is 0 Å². The van der Waals surface area contributed by atoms with Crippen molar-refractivity contribution >= 4 is 22.7 Å².